The molecule has 0 aliphatic rings. The van der Waals surface area contributed by atoms with Gasteiger partial charge in [-0.15, -0.1) is 0 Å². The Balaban J connectivity index is 1.34. The fourth-order valence-corrected chi connectivity index (χ4v) is 3.27. The van der Waals surface area contributed by atoms with Gasteiger partial charge in [0.25, 0.3) is 5.69 Å². The maximum absolute atomic E-state index is 12.5. The van der Waals surface area contributed by atoms with Crippen LogP contribution in [0.1, 0.15) is 27.0 Å². The van der Waals surface area contributed by atoms with Gasteiger partial charge < -0.3 is 14.2 Å². The Hall–Kier alpha value is -5.67. The smallest absolute Gasteiger partial charge is 0.338 e. The quantitative estimate of drug-likeness (QED) is 0.160. The number of nitrogens with zero attached hydrogens (tertiary/aromatic N) is 3. The number of carbonyl (C=O) groups excluding carboxylic acids is 1. The van der Waals surface area contributed by atoms with Crippen LogP contribution in [0.3, 0.4) is 0 Å². The van der Waals surface area contributed by atoms with E-state index in [0.29, 0.717) is 34.1 Å². The summed E-state index contributed by atoms with van der Waals surface area (Å²) in [7, 11) is 0. The summed E-state index contributed by atoms with van der Waals surface area (Å²) in [5, 5.41) is 28.9. The molecule has 0 bridgehead atoms. The summed E-state index contributed by atoms with van der Waals surface area (Å²) in [4.78, 5) is 22.8. The highest BCUT2D eigenvalue weighted by atomic mass is 16.6. The number of nitriles is 2. The summed E-state index contributed by atoms with van der Waals surface area (Å²) < 4.78 is 16.8. The van der Waals surface area contributed by atoms with Crippen LogP contribution in [-0.4, -0.2) is 10.9 Å². The summed E-state index contributed by atoms with van der Waals surface area (Å²) in [5.74, 6) is 1.24. The van der Waals surface area contributed by atoms with Gasteiger partial charge in [-0.1, -0.05) is 12.1 Å². The molecule has 0 N–H and O–H groups in total. The highest BCUT2D eigenvalue weighted by Crippen LogP contribution is 2.26. The normalized spacial score (nSPS) is 10.0. The molecule has 9 heteroatoms. The van der Waals surface area contributed by atoms with Crippen LogP contribution >= 0.6 is 0 Å². The molecule has 0 aliphatic heterocycles. The van der Waals surface area contributed by atoms with Crippen LogP contribution in [0, 0.1) is 32.8 Å². The van der Waals surface area contributed by atoms with E-state index in [2.05, 4.69) is 0 Å². The van der Waals surface area contributed by atoms with E-state index in [0.717, 1.165) is 0 Å². The Morgan fingerprint density at radius 1 is 0.757 bits per heavy atom. The van der Waals surface area contributed by atoms with Crippen molar-refractivity contribution in [2.45, 2.75) is 6.61 Å². The highest BCUT2D eigenvalue weighted by Gasteiger charge is 2.10. The second-order valence-electron chi connectivity index (χ2n) is 7.63. The third-order valence-corrected chi connectivity index (χ3v) is 5.11. The number of hydrogen-bond donors (Lipinski definition) is 0. The van der Waals surface area contributed by atoms with Crippen LogP contribution in [0.2, 0.25) is 0 Å². The molecular weight excluding hydrogens is 474 g/mol. The van der Waals surface area contributed by atoms with Crippen molar-refractivity contribution >= 4 is 11.7 Å². The number of nitro groups is 1. The standard InChI is InChI=1S/C28H17N3O6/c29-16-21-6-11-27(15-22(21)17-30)37-24-9-4-20(5-10-24)28(32)35-18-19-2-1-3-26(14-19)36-25-12-7-23(8-13-25)31(33)34/h1-15H,18H2. The number of carbonyl (C=O) groups is 1. The first-order valence-corrected chi connectivity index (χ1v) is 10.9. The van der Waals surface area contributed by atoms with Gasteiger partial charge >= 0.3 is 5.97 Å². The largest absolute Gasteiger partial charge is 0.457 e. The molecule has 0 fully saturated rings. The van der Waals surface area contributed by atoms with Gasteiger partial charge in [0, 0.05) is 12.1 Å². The number of non-ortho nitro benzene ring substituents is 1. The van der Waals surface area contributed by atoms with E-state index in [9.17, 15) is 14.9 Å². The Morgan fingerprint density at radius 3 is 1.97 bits per heavy atom. The molecule has 4 aromatic rings. The Kier molecular flexibility index (Phi) is 7.38. The maximum Gasteiger partial charge on any atom is 0.338 e. The van der Waals surface area contributed by atoms with Crippen molar-refractivity contribution in [2.75, 3.05) is 0 Å². The fourth-order valence-electron chi connectivity index (χ4n) is 3.27. The molecule has 4 rings (SSSR count). The molecule has 0 aromatic heterocycles. The molecule has 0 atom stereocenters. The third kappa shape index (κ3) is 6.27. The summed E-state index contributed by atoms with van der Waals surface area (Å²) in [6.45, 7) is 0.0106. The topological polar surface area (TPSA) is 135 Å². The zero-order chi connectivity index (χ0) is 26.2. The lowest BCUT2D eigenvalue weighted by Crippen LogP contribution is -2.05. The van der Waals surface area contributed by atoms with E-state index in [4.69, 9.17) is 24.7 Å². The lowest BCUT2D eigenvalue weighted by atomic mass is 10.1. The molecule has 0 saturated carbocycles. The van der Waals surface area contributed by atoms with Crippen molar-refractivity contribution in [2.24, 2.45) is 0 Å². The molecule has 180 valence electrons. The molecule has 0 heterocycles. The van der Waals surface area contributed by atoms with Gasteiger partial charge in [0.2, 0.25) is 0 Å². The van der Waals surface area contributed by atoms with E-state index in [-0.39, 0.29) is 23.4 Å². The van der Waals surface area contributed by atoms with Crippen LogP contribution < -0.4 is 9.47 Å². The molecule has 37 heavy (non-hydrogen) atoms. The first-order chi connectivity index (χ1) is 17.9. The Labute approximate surface area is 211 Å². The van der Waals surface area contributed by atoms with Crippen LogP contribution in [-0.2, 0) is 11.3 Å². The summed E-state index contributed by atoms with van der Waals surface area (Å²) in [6, 6.07) is 27.4. The van der Waals surface area contributed by atoms with E-state index in [1.54, 1.807) is 54.6 Å². The molecule has 0 spiro atoms. The molecule has 0 unspecified atom stereocenters. The summed E-state index contributed by atoms with van der Waals surface area (Å²) >= 11 is 0. The number of rotatable bonds is 8. The minimum Gasteiger partial charge on any atom is -0.457 e. The van der Waals surface area contributed by atoms with Crippen molar-refractivity contribution in [3.05, 3.63) is 123 Å². The highest BCUT2D eigenvalue weighted by molar-refractivity contribution is 5.89. The summed E-state index contributed by atoms with van der Waals surface area (Å²) in [6.07, 6.45) is 0. The van der Waals surface area contributed by atoms with Crippen LogP contribution in [0.15, 0.2) is 91.0 Å². The molecule has 0 saturated heterocycles. The minimum atomic E-state index is -0.529. The molecule has 9 nitrogen and oxygen atoms in total. The van der Waals surface area contributed by atoms with Gasteiger partial charge in [-0.2, -0.15) is 10.5 Å². The average Bonchev–Trinajstić information content (AvgIpc) is 2.92. The lowest BCUT2D eigenvalue weighted by Gasteiger charge is -2.09. The average molecular weight is 491 g/mol. The van der Waals surface area contributed by atoms with Gasteiger partial charge in [-0.05, 0) is 72.3 Å². The lowest BCUT2D eigenvalue weighted by molar-refractivity contribution is -0.384. The van der Waals surface area contributed by atoms with Gasteiger partial charge in [0.05, 0.1) is 21.6 Å². The van der Waals surface area contributed by atoms with Gasteiger partial charge in [-0.3, -0.25) is 10.1 Å². The van der Waals surface area contributed by atoms with Crippen molar-refractivity contribution < 1.29 is 23.9 Å². The van der Waals surface area contributed by atoms with Crippen LogP contribution in [0.5, 0.6) is 23.0 Å². The van der Waals surface area contributed by atoms with E-state index in [1.807, 2.05) is 12.1 Å². The van der Waals surface area contributed by atoms with Gasteiger partial charge in [0.1, 0.15) is 41.7 Å². The maximum atomic E-state index is 12.5. The zero-order valence-corrected chi connectivity index (χ0v) is 19.2. The van der Waals surface area contributed by atoms with Crippen molar-refractivity contribution in [3.63, 3.8) is 0 Å². The first kappa shape index (κ1) is 24.5. The predicted molar refractivity (Wildman–Crippen MR) is 131 cm³/mol. The van der Waals surface area contributed by atoms with E-state index in [1.165, 1.54) is 36.4 Å². The Bertz CT molecular complexity index is 1530. The van der Waals surface area contributed by atoms with Crippen molar-refractivity contribution in [3.8, 4) is 35.1 Å². The number of esters is 1. The van der Waals surface area contributed by atoms with Crippen LogP contribution in [0.4, 0.5) is 5.69 Å². The molecule has 0 aliphatic carbocycles. The van der Waals surface area contributed by atoms with Crippen molar-refractivity contribution in [1.82, 2.24) is 0 Å². The third-order valence-electron chi connectivity index (χ3n) is 5.11. The molecule has 4 aromatic carbocycles. The number of hydrogen-bond acceptors (Lipinski definition) is 8. The van der Waals surface area contributed by atoms with Gasteiger partial charge in [0.15, 0.2) is 0 Å². The van der Waals surface area contributed by atoms with E-state index >= 15 is 0 Å². The summed E-state index contributed by atoms with van der Waals surface area (Å²) in [5.41, 5.74) is 1.46. The van der Waals surface area contributed by atoms with Gasteiger partial charge in [-0.25, -0.2) is 4.79 Å². The number of ether oxygens (including phenoxy) is 3. The Morgan fingerprint density at radius 2 is 1.35 bits per heavy atom. The molecule has 0 radical (unpaired) electrons. The van der Waals surface area contributed by atoms with E-state index < -0.39 is 10.9 Å². The number of benzene rings is 4. The second-order valence-corrected chi connectivity index (χ2v) is 7.63. The zero-order valence-electron chi connectivity index (χ0n) is 19.2. The minimum absolute atomic E-state index is 0.0106. The number of nitro benzene ring substituents is 1. The predicted octanol–water partition coefficient (Wildman–Crippen LogP) is 6.28. The fraction of sp³-hybridized carbons (Fsp3) is 0.0357. The first-order valence-electron chi connectivity index (χ1n) is 10.9. The monoisotopic (exact) mass is 491 g/mol. The molecule has 0 amide bonds. The SMILES string of the molecule is N#Cc1ccc(Oc2ccc(C(=O)OCc3cccc(Oc4ccc([N+](=O)[O-])cc4)c3)cc2)cc1C#N. The van der Waals surface area contributed by atoms with Crippen molar-refractivity contribution in [1.29, 1.82) is 10.5 Å². The van der Waals surface area contributed by atoms with Crippen LogP contribution in [0.25, 0.3) is 0 Å². The second kappa shape index (κ2) is 11.2. The molecular formula is C28H17N3O6.